The molecule has 126 valence electrons. The Kier molecular flexibility index (Phi) is 4.72. The molecule has 0 N–H and O–H groups in total. The summed E-state index contributed by atoms with van der Waals surface area (Å²) in [5.41, 5.74) is 5.64. The Morgan fingerprint density at radius 2 is 1.80 bits per heavy atom. The van der Waals surface area contributed by atoms with E-state index in [-0.39, 0.29) is 5.41 Å². The summed E-state index contributed by atoms with van der Waals surface area (Å²) in [5, 5.41) is 8.69. The van der Waals surface area contributed by atoms with Gasteiger partial charge in [0.05, 0.1) is 23.9 Å². The molecule has 1 aliphatic rings. The summed E-state index contributed by atoms with van der Waals surface area (Å²) in [6, 6.07) is 18.9. The number of nitrogens with zero attached hydrogens (tertiary/aromatic N) is 3. The molecule has 1 heterocycles. The molecule has 3 heteroatoms. The van der Waals surface area contributed by atoms with Gasteiger partial charge in [-0.3, -0.25) is 4.99 Å². The molecular formula is C22H23N3. The van der Waals surface area contributed by atoms with Crippen LogP contribution in [0.3, 0.4) is 0 Å². The second-order valence-corrected chi connectivity index (χ2v) is 6.89. The van der Waals surface area contributed by atoms with Gasteiger partial charge in [-0.25, -0.2) is 0 Å². The molecule has 0 saturated heterocycles. The van der Waals surface area contributed by atoms with Crippen molar-refractivity contribution in [3.63, 3.8) is 0 Å². The maximum atomic E-state index is 8.69. The van der Waals surface area contributed by atoms with Crippen LogP contribution in [0.2, 0.25) is 0 Å². The highest BCUT2D eigenvalue weighted by molar-refractivity contribution is 6.10. The number of para-hydroxylation sites is 1. The molecule has 0 amide bonds. The molecule has 0 unspecified atom stereocenters. The summed E-state index contributed by atoms with van der Waals surface area (Å²) in [6.07, 6.45) is 4.77. The van der Waals surface area contributed by atoms with Crippen LogP contribution in [-0.4, -0.2) is 19.3 Å². The SMILES string of the molecule is CN(CCC#N)c1ccc(C=CC2=Nc3ccccc3C2(C)C)cc1. The predicted molar refractivity (Wildman–Crippen MR) is 106 cm³/mol. The van der Waals surface area contributed by atoms with E-state index in [0.717, 1.165) is 29.2 Å². The number of aliphatic imine (C=N–C) groups is 1. The molecule has 0 radical (unpaired) electrons. The van der Waals surface area contributed by atoms with Crippen LogP contribution < -0.4 is 4.90 Å². The van der Waals surface area contributed by atoms with Crippen LogP contribution in [0, 0.1) is 11.3 Å². The van der Waals surface area contributed by atoms with Crippen LogP contribution >= 0.6 is 0 Å². The van der Waals surface area contributed by atoms with Crippen molar-refractivity contribution in [3.05, 3.63) is 65.7 Å². The second-order valence-electron chi connectivity index (χ2n) is 6.89. The van der Waals surface area contributed by atoms with Gasteiger partial charge in [-0.15, -0.1) is 0 Å². The average Bonchev–Trinajstić information content (AvgIpc) is 2.89. The highest BCUT2D eigenvalue weighted by Gasteiger charge is 2.32. The molecular weight excluding hydrogens is 306 g/mol. The molecule has 0 aromatic heterocycles. The van der Waals surface area contributed by atoms with Gasteiger partial charge in [0.25, 0.3) is 0 Å². The van der Waals surface area contributed by atoms with Crippen LogP contribution in [0.15, 0.2) is 59.6 Å². The van der Waals surface area contributed by atoms with Gasteiger partial charge >= 0.3 is 0 Å². The number of fused-ring (bicyclic) bond motifs is 1. The lowest BCUT2D eigenvalue weighted by Gasteiger charge is -2.20. The lowest BCUT2D eigenvalue weighted by molar-refractivity contribution is 0.740. The van der Waals surface area contributed by atoms with Crippen LogP contribution in [0.5, 0.6) is 0 Å². The molecule has 1 aliphatic heterocycles. The van der Waals surface area contributed by atoms with Crippen molar-refractivity contribution in [2.45, 2.75) is 25.7 Å². The first-order valence-electron chi connectivity index (χ1n) is 8.57. The van der Waals surface area contributed by atoms with E-state index in [2.05, 4.69) is 79.4 Å². The van der Waals surface area contributed by atoms with Gasteiger partial charge in [0.1, 0.15) is 0 Å². The van der Waals surface area contributed by atoms with E-state index in [0.29, 0.717) is 6.42 Å². The molecule has 0 saturated carbocycles. The Labute approximate surface area is 149 Å². The summed E-state index contributed by atoms with van der Waals surface area (Å²) in [6.45, 7) is 5.18. The topological polar surface area (TPSA) is 39.4 Å². The normalized spacial score (nSPS) is 14.9. The van der Waals surface area contributed by atoms with Crippen LogP contribution in [0.1, 0.15) is 31.4 Å². The molecule has 0 bridgehead atoms. The Balaban J connectivity index is 1.74. The third kappa shape index (κ3) is 3.49. The molecule has 0 spiro atoms. The zero-order valence-electron chi connectivity index (χ0n) is 15.0. The summed E-state index contributed by atoms with van der Waals surface area (Å²) >= 11 is 0. The number of hydrogen-bond acceptors (Lipinski definition) is 3. The van der Waals surface area contributed by atoms with E-state index in [1.807, 2.05) is 13.1 Å². The van der Waals surface area contributed by atoms with Crippen LogP contribution in [0.4, 0.5) is 11.4 Å². The van der Waals surface area contributed by atoms with Crippen molar-refractivity contribution in [1.29, 1.82) is 5.26 Å². The maximum absolute atomic E-state index is 8.69. The first kappa shape index (κ1) is 17.0. The summed E-state index contributed by atoms with van der Waals surface area (Å²) in [5.74, 6) is 0. The average molecular weight is 329 g/mol. The Morgan fingerprint density at radius 1 is 1.08 bits per heavy atom. The molecule has 25 heavy (non-hydrogen) atoms. The second kappa shape index (κ2) is 6.94. The lowest BCUT2D eigenvalue weighted by Crippen LogP contribution is -2.23. The van der Waals surface area contributed by atoms with Crippen molar-refractivity contribution in [2.24, 2.45) is 4.99 Å². The minimum atomic E-state index is -0.0649. The van der Waals surface area contributed by atoms with Crippen LogP contribution in [0.25, 0.3) is 6.08 Å². The molecule has 2 aromatic carbocycles. The monoisotopic (exact) mass is 329 g/mol. The van der Waals surface area contributed by atoms with Gasteiger partial charge in [-0.2, -0.15) is 5.26 Å². The summed E-state index contributed by atoms with van der Waals surface area (Å²) in [4.78, 5) is 6.88. The first-order chi connectivity index (χ1) is 12.0. The molecule has 0 fully saturated rings. The molecule has 3 nitrogen and oxygen atoms in total. The predicted octanol–water partition coefficient (Wildman–Crippen LogP) is 5.11. The third-order valence-corrected chi connectivity index (χ3v) is 4.79. The zero-order chi connectivity index (χ0) is 17.9. The smallest absolute Gasteiger partial charge is 0.0674 e. The highest BCUT2D eigenvalue weighted by atomic mass is 15.1. The van der Waals surface area contributed by atoms with Gasteiger partial charge < -0.3 is 4.90 Å². The largest absolute Gasteiger partial charge is 0.374 e. The van der Waals surface area contributed by atoms with E-state index >= 15 is 0 Å². The number of anilines is 1. The Hall–Kier alpha value is -2.86. The molecule has 3 rings (SSSR count). The quantitative estimate of drug-likeness (QED) is 0.764. The van der Waals surface area contributed by atoms with Crippen molar-refractivity contribution in [1.82, 2.24) is 0 Å². The van der Waals surface area contributed by atoms with Gasteiger partial charge in [0.15, 0.2) is 0 Å². The Bertz CT molecular complexity index is 852. The molecule has 0 atom stereocenters. The minimum Gasteiger partial charge on any atom is -0.374 e. The third-order valence-electron chi connectivity index (χ3n) is 4.79. The first-order valence-corrected chi connectivity index (χ1v) is 8.57. The fourth-order valence-electron chi connectivity index (χ4n) is 3.11. The zero-order valence-corrected chi connectivity index (χ0v) is 15.0. The standard InChI is InChI=1S/C22H23N3/c1-22(2)19-7-4-5-8-20(19)24-21(22)14-11-17-9-12-18(13-10-17)25(3)16-6-15-23/h4-5,7-14H,6,16H2,1-3H3. The number of allylic oxidation sites excluding steroid dienone is 1. The van der Waals surface area contributed by atoms with Gasteiger partial charge in [0, 0.05) is 24.7 Å². The van der Waals surface area contributed by atoms with E-state index in [1.165, 1.54) is 5.56 Å². The van der Waals surface area contributed by atoms with Crippen LogP contribution in [-0.2, 0) is 5.41 Å². The fraction of sp³-hybridized carbons (Fsp3) is 0.273. The number of rotatable bonds is 5. The maximum Gasteiger partial charge on any atom is 0.0674 e. The van der Waals surface area contributed by atoms with Crippen molar-refractivity contribution < 1.29 is 0 Å². The fourth-order valence-corrected chi connectivity index (χ4v) is 3.11. The Morgan fingerprint density at radius 3 is 2.48 bits per heavy atom. The minimum absolute atomic E-state index is 0.0649. The molecule has 0 aliphatic carbocycles. The number of hydrogen-bond donors (Lipinski definition) is 0. The number of nitriles is 1. The lowest BCUT2D eigenvalue weighted by atomic mass is 9.81. The van der Waals surface area contributed by atoms with Gasteiger partial charge in [0.2, 0.25) is 0 Å². The highest BCUT2D eigenvalue weighted by Crippen LogP contribution is 2.40. The van der Waals surface area contributed by atoms with E-state index in [4.69, 9.17) is 10.3 Å². The number of benzene rings is 2. The van der Waals surface area contributed by atoms with E-state index < -0.39 is 0 Å². The van der Waals surface area contributed by atoms with Gasteiger partial charge in [-0.1, -0.05) is 50.3 Å². The van der Waals surface area contributed by atoms with Crippen molar-refractivity contribution >= 4 is 23.2 Å². The summed E-state index contributed by atoms with van der Waals surface area (Å²) in [7, 11) is 2.01. The van der Waals surface area contributed by atoms with Crippen molar-refractivity contribution in [2.75, 3.05) is 18.5 Å². The van der Waals surface area contributed by atoms with Gasteiger partial charge in [-0.05, 0) is 35.4 Å². The van der Waals surface area contributed by atoms with E-state index in [9.17, 15) is 0 Å². The summed E-state index contributed by atoms with van der Waals surface area (Å²) < 4.78 is 0. The van der Waals surface area contributed by atoms with Crippen molar-refractivity contribution in [3.8, 4) is 6.07 Å². The van der Waals surface area contributed by atoms with E-state index in [1.54, 1.807) is 0 Å². The molecule has 2 aromatic rings.